The molecular formula is C25H30ClN3O3. The molecule has 170 valence electrons. The second kappa shape index (κ2) is 10.3. The van der Waals surface area contributed by atoms with E-state index >= 15 is 0 Å². The van der Waals surface area contributed by atoms with Crippen molar-refractivity contribution in [1.29, 1.82) is 0 Å². The first-order valence-corrected chi connectivity index (χ1v) is 11.8. The lowest BCUT2D eigenvalue weighted by molar-refractivity contribution is -0.134. The molecule has 7 heteroatoms. The van der Waals surface area contributed by atoms with E-state index in [9.17, 15) is 9.59 Å². The molecule has 4 rings (SSSR count). The topological polar surface area (TPSA) is 62.7 Å². The molecule has 2 atom stereocenters. The molecule has 1 aromatic heterocycles. The van der Waals surface area contributed by atoms with E-state index in [2.05, 4.69) is 4.98 Å². The van der Waals surface area contributed by atoms with Crippen molar-refractivity contribution in [2.45, 2.75) is 45.1 Å². The van der Waals surface area contributed by atoms with E-state index in [1.807, 2.05) is 41.0 Å². The smallest absolute Gasteiger partial charge is 0.255 e. The van der Waals surface area contributed by atoms with Crippen molar-refractivity contribution in [2.24, 2.45) is 5.92 Å². The van der Waals surface area contributed by atoms with Gasteiger partial charge in [-0.2, -0.15) is 0 Å². The van der Waals surface area contributed by atoms with Crippen molar-refractivity contribution < 1.29 is 14.3 Å². The highest BCUT2D eigenvalue weighted by molar-refractivity contribution is 6.30. The molecule has 0 N–H and O–H groups in total. The zero-order valence-electron chi connectivity index (χ0n) is 18.5. The summed E-state index contributed by atoms with van der Waals surface area (Å²) < 4.78 is 6.28. The fraction of sp³-hybridized carbons (Fsp3) is 0.480. The lowest BCUT2D eigenvalue weighted by Gasteiger charge is -2.39. The Morgan fingerprint density at radius 1 is 1.03 bits per heavy atom. The van der Waals surface area contributed by atoms with Crippen LogP contribution in [0.4, 0.5) is 0 Å². The zero-order chi connectivity index (χ0) is 22.5. The SMILES string of the molecule is Cc1ccc(C(=O)N2CC[C@H](Oc3ccc(Cl)cc3)[C@@H](CC(=O)N3CCCCC3)C2)cn1. The Labute approximate surface area is 194 Å². The fourth-order valence-electron chi connectivity index (χ4n) is 4.51. The highest BCUT2D eigenvalue weighted by atomic mass is 35.5. The number of pyridine rings is 1. The molecule has 0 saturated carbocycles. The van der Waals surface area contributed by atoms with Crippen molar-refractivity contribution in [1.82, 2.24) is 14.8 Å². The highest BCUT2D eigenvalue weighted by Gasteiger charge is 2.35. The summed E-state index contributed by atoms with van der Waals surface area (Å²) in [5, 5.41) is 0.654. The van der Waals surface area contributed by atoms with Gasteiger partial charge in [-0.25, -0.2) is 0 Å². The third-order valence-corrected chi connectivity index (χ3v) is 6.61. The number of piperidine rings is 2. The van der Waals surface area contributed by atoms with Gasteiger partial charge in [-0.3, -0.25) is 14.6 Å². The molecule has 0 unspecified atom stereocenters. The highest BCUT2D eigenvalue weighted by Crippen LogP contribution is 2.28. The average molecular weight is 456 g/mol. The standard InChI is InChI=1S/C25H30ClN3O3/c1-18-5-6-19(16-27-18)25(31)29-14-11-23(32-22-9-7-21(26)8-10-22)20(17-29)15-24(30)28-12-3-2-4-13-28/h5-10,16,20,23H,2-4,11-15,17H2,1H3/t20-,23-/m0/s1. The molecule has 0 radical (unpaired) electrons. The number of aryl methyl sites for hydroxylation is 1. The molecule has 0 spiro atoms. The molecule has 2 aliphatic heterocycles. The summed E-state index contributed by atoms with van der Waals surface area (Å²) in [5.41, 5.74) is 1.45. The molecule has 3 heterocycles. The largest absolute Gasteiger partial charge is 0.490 e. The zero-order valence-corrected chi connectivity index (χ0v) is 19.3. The van der Waals surface area contributed by atoms with E-state index in [1.165, 1.54) is 6.42 Å². The van der Waals surface area contributed by atoms with Crippen molar-refractivity contribution >= 4 is 23.4 Å². The van der Waals surface area contributed by atoms with E-state index in [0.717, 1.165) is 37.4 Å². The van der Waals surface area contributed by atoms with Crippen LogP contribution in [0, 0.1) is 12.8 Å². The third-order valence-electron chi connectivity index (χ3n) is 6.36. The number of carbonyl (C=O) groups is 2. The number of aromatic nitrogens is 1. The number of amides is 2. The second-order valence-electron chi connectivity index (χ2n) is 8.74. The van der Waals surface area contributed by atoms with Crippen LogP contribution in [0.15, 0.2) is 42.6 Å². The first kappa shape index (κ1) is 22.6. The van der Waals surface area contributed by atoms with Crippen LogP contribution in [0.1, 0.15) is 48.2 Å². The number of halogens is 1. The molecule has 0 bridgehead atoms. The maximum absolute atomic E-state index is 13.1. The molecule has 6 nitrogen and oxygen atoms in total. The maximum atomic E-state index is 13.1. The molecule has 1 aromatic carbocycles. The van der Waals surface area contributed by atoms with Crippen LogP contribution in [-0.2, 0) is 4.79 Å². The van der Waals surface area contributed by atoms with Gasteiger partial charge >= 0.3 is 0 Å². The predicted molar refractivity (Wildman–Crippen MR) is 124 cm³/mol. The van der Waals surface area contributed by atoms with Gasteiger partial charge in [0.05, 0.1) is 5.56 Å². The Morgan fingerprint density at radius 2 is 1.78 bits per heavy atom. The first-order valence-electron chi connectivity index (χ1n) is 11.4. The monoisotopic (exact) mass is 455 g/mol. The number of nitrogens with zero attached hydrogens (tertiary/aromatic N) is 3. The number of carbonyl (C=O) groups excluding carboxylic acids is 2. The van der Waals surface area contributed by atoms with Gasteiger partial charge in [-0.05, 0) is 62.6 Å². The Bertz CT molecular complexity index is 926. The van der Waals surface area contributed by atoms with Crippen molar-refractivity contribution in [3.8, 4) is 5.75 Å². The van der Waals surface area contributed by atoms with E-state index in [4.69, 9.17) is 16.3 Å². The Balaban J connectivity index is 1.48. The van der Waals surface area contributed by atoms with Gasteiger partial charge in [-0.1, -0.05) is 11.6 Å². The number of hydrogen-bond donors (Lipinski definition) is 0. The summed E-state index contributed by atoms with van der Waals surface area (Å²) >= 11 is 6.00. The summed E-state index contributed by atoms with van der Waals surface area (Å²) in [6.07, 6.45) is 5.85. The minimum absolute atomic E-state index is 0.0436. The third kappa shape index (κ3) is 5.60. The van der Waals surface area contributed by atoms with Gasteiger partial charge in [0.2, 0.25) is 5.91 Å². The van der Waals surface area contributed by atoms with Crippen LogP contribution in [0.2, 0.25) is 5.02 Å². The number of benzene rings is 1. The van der Waals surface area contributed by atoms with Crippen LogP contribution in [0.5, 0.6) is 5.75 Å². The Kier molecular flexibility index (Phi) is 7.30. The van der Waals surface area contributed by atoms with Gasteiger partial charge in [0, 0.05) is 61.9 Å². The van der Waals surface area contributed by atoms with Gasteiger partial charge in [-0.15, -0.1) is 0 Å². The summed E-state index contributed by atoms with van der Waals surface area (Å²) in [6.45, 7) is 4.62. The van der Waals surface area contributed by atoms with Gasteiger partial charge in [0.1, 0.15) is 11.9 Å². The number of hydrogen-bond acceptors (Lipinski definition) is 4. The van der Waals surface area contributed by atoms with E-state index in [-0.39, 0.29) is 23.8 Å². The molecule has 2 fully saturated rings. The normalized spacial score (nSPS) is 21.3. The molecule has 32 heavy (non-hydrogen) atoms. The van der Waals surface area contributed by atoms with Gasteiger partial charge < -0.3 is 14.5 Å². The molecule has 2 amide bonds. The number of rotatable bonds is 5. The molecule has 2 saturated heterocycles. The van der Waals surface area contributed by atoms with E-state index in [1.54, 1.807) is 18.3 Å². The molecule has 2 aliphatic rings. The van der Waals surface area contributed by atoms with Crippen LogP contribution in [0.25, 0.3) is 0 Å². The summed E-state index contributed by atoms with van der Waals surface area (Å²) in [6, 6.07) is 11.0. The van der Waals surface area contributed by atoms with E-state index in [0.29, 0.717) is 36.5 Å². The fourth-order valence-corrected chi connectivity index (χ4v) is 4.63. The van der Waals surface area contributed by atoms with Crippen molar-refractivity contribution in [2.75, 3.05) is 26.2 Å². The van der Waals surface area contributed by atoms with Crippen molar-refractivity contribution in [3.05, 3.63) is 58.9 Å². The molecule has 0 aliphatic carbocycles. The first-order chi connectivity index (χ1) is 15.5. The number of likely N-dealkylation sites (tertiary alicyclic amines) is 2. The Morgan fingerprint density at radius 3 is 2.47 bits per heavy atom. The second-order valence-corrected chi connectivity index (χ2v) is 9.18. The van der Waals surface area contributed by atoms with Crippen LogP contribution in [0.3, 0.4) is 0 Å². The van der Waals surface area contributed by atoms with Crippen molar-refractivity contribution in [3.63, 3.8) is 0 Å². The minimum Gasteiger partial charge on any atom is -0.490 e. The maximum Gasteiger partial charge on any atom is 0.255 e. The molecular weight excluding hydrogens is 426 g/mol. The number of ether oxygens (including phenoxy) is 1. The predicted octanol–water partition coefficient (Wildman–Crippen LogP) is 4.36. The van der Waals surface area contributed by atoms with Gasteiger partial charge in [0.25, 0.3) is 5.91 Å². The van der Waals surface area contributed by atoms with E-state index < -0.39 is 0 Å². The van der Waals surface area contributed by atoms with Crippen LogP contribution < -0.4 is 4.74 Å². The van der Waals surface area contributed by atoms with Gasteiger partial charge in [0.15, 0.2) is 0 Å². The van der Waals surface area contributed by atoms with Crippen LogP contribution in [-0.4, -0.2) is 58.9 Å². The average Bonchev–Trinajstić information content (AvgIpc) is 2.82. The quantitative estimate of drug-likeness (QED) is 0.672. The Hall–Kier alpha value is -2.60. The molecule has 2 aromatic rings. The summed E-state index contributed by atoms with van der Waals surface area (Å²) in [7, 11) is 0. The lowest BCUT2D eigenvalue weighted by Crippen LogP contribution is -2.50. The lowest BCUT2D eigenvalue weighted by atomic mass is 9.90. The summed E-state index contributed by atoms with van der Waals surface area (Å²) in [5.74, 6) is 0.775. The van der Waals surface area contributed by atoms with Crippen LogP contribution >= 0.6 is 11.6 Å². The minimum atomic E-state index is -0.134. The summed E-state index contributed by atoms with van der Waals surface area (Å²) in [4.78, 5) is 34.2.